The van der Waals surface area contributed by atoms with E-state index in [1.54, 1.807) is 18.3 Å². The lowest BCUT2D eigenvalue weighted by Crippen LogP contribution is -2.15. The summed E-state index contributed by atoms with van der Waals surface area (Å²) in [6.07, 6.45) is 1.57. The van der Waals surface area contributed by atoms with Gasteiger partial charge >= 0.3 is 5.97 Å². The SMILES string of the molecule is O=C(COC(=O)c1ccccc1[N+](=O)[O-])c1ccc[nH]1. The number of hydrogen-bond donors (Lipinski definition) is 1. The molecule has 0 radical (unpaired) electrons. The Hall–Kier alpha value is -2.96. The minimum absolute atomic E-state index is 0.184. The highest BCUT2D eigenvalue weighted by atomic mass is 16.6. The highest BCUT2D eigenvalue weighted by Gasteiger charge is 2.21. The van der Waals surface area contributed by atoms with Gasteiger partial charge in [0.25, 0.3) is 5.69 Å². The van der Waals surface area contributed by atoms with Crippen molar-refractivity contribution in [3.05, 3.63) is 64.0 Å². The molecule has 1 aromatic carbocycles. The van der Waals surface area contributed by atoms with Crippen LogP contribution in [0.15, 0.2) is 42.6 Å². The number of ether oxygens (including phenoxy) is 1. The number of Topliss-reactive ketones (excluding diaryl/α,β-unsaturated/α-hetero) is 1. The summed E-state index contributed by atoms with van der Waals surface area (Å²) in [5.74, 6) is -1.32. The van der Waals surface area contributed by atoms with Crippen molar-refractivity contribution in [3.8, 4) is 0 Å². The summed E-state index contributed by atoms with van der Waals surface area (Å²) in [7, 11) is 0. The zero-order valence-electron chi connectivity index (χ0n) is 10.2. The second kappa shape index (κ2) is 5.79. The minimum Gasteiger partial charge on any atom is -0.453 e. The average molecular weight is 274 g/mol. The van der Waals surface area contributed by atoms with Gasteiger partial charge in [0.2, 0.25) is 5.78 Å². The van der Waals surface area contributed by atoms with E-state index >= 15 is 0 Å². The van der Waals surface area contributed by atoms with Crippen molar-refractivity contribution in [3.63, 3.8) is 0 Å². The fraction of sp³-hybridized carbons (Fsp3) is 0.0769. The minimum atomic E-state index is -0.905. The number of aromatic amines is 1. The predicted octanol–water partition coefficient (Wildman–Crippen LogP) is 1.96. The van der Waals surface area contributed by atoms with Gasteiger partial charge in [-0.1, -0.05) is 12.1 Å². The van der Waals surface area contributed by atoms with Gasteiger partial charge in [-0.15, -0.1) is 0 Å². The van der Waals surface area contributed by atoms with Crippen LogP contribution in [0, 0.1) is 10.1 Å². The van der Waals surface area contributed by atoms with Crippen LogP contribution in [0.3, 0.4) is 0 Å². The van der Waals surface area contributed by atoms with Crippen molar-refractivity contribution in [2.45, 2.75) is 0 Å². The molecule has 0 aliphatic carbocycles. The molecule has 0 aliphatic rings. The molecule has 2 aromatic rings. The molecule has 1 N–H and O–H groups in total. The van der Waals surface area contributed by atoms with E-state index in [-0.39, 0.29) is 11.3 Å². The first-order valence-corrected chi connectivity index (χ1v) is 5.66. The maximum absolute atomic E-state index is 11.8. The quantitative estimate of drug-likeness (QED) is 0.388. The summed E-state index contributed by atoms with van der Waals surface area (Å²) in [6.45, 7) is -0.481. The first kappa shape index (κ1) is 13.5. The largest absolute Gasteiger partial charge is 0.453 e. The van der Waals surface area contributed by atoms with Crippen LogP contribution in [0.1, 0.15) is 20.8 Å². The first-order chi connectivity index (χ1) is 9.59. The van der Waals surface area contributed by atoms with Gasteiger partial charge < -0.3 is 9.72 Å². The van der Waals surface area contributed by atoms with Gasteiger partial charge in [0, 0.05) is 12.3 Å². The van der Waals surface area contributed by atoms with Gasteiger partial charge in [-0.2, -0.15) is 0 Å². The Balaban J connectivity index is 2.06. The van der Waals surface area contributed by atoms with E-state index in [9.17, 15) is 19.7 Å². The summed E-state index contributed by atoms with van der Waals surface area (Å²) in [4.78, 5) is 36.2. The van der Waals surface area contributed by atoms with Crippen LogP contribution < -0.4 is 0 Å². The second-order valence-corrected chi connectivity index (χ2v) is 3.86. The Labute approximate surface area is 113 Å². The zero-order chi connectivity index (χ0) is 14.5. The van der Waals surface area contributed by atoms with E-state index < -0.39 is 23.3 Å². The average Bonchev–Trinajstić information content (AvgIpc) is 2.98. The molecule has 0 saturated heterocycles. The summed E-state index contributed by atoms with van der Waals surface area (Å²) in [5, 5.41) is 10.8. The number of carbonyl (C=O) groups excluding carboxylic acids is 2. The maximum atomic E-state index is 11.8. The van der Waals surface area contributed by atoms with Crippen molar-refractivity contribution in [2.75, 3.05) is 6.61 Å². The van der Waals surface area contributed by atoms with Crippen molar-refractivity contribution >= 4 is 17.4 Å². The van der Waals surface area contributed by atoms with E-state index in [2.05, 4.69) is 4.98 Å². The fourth-order valence-corrected chi connectivity index (χ4v) is 1.60. The smallest absolute Gasteiger partial charge is 0.345 e. The van der Waals surface area contributed by atoms with E-state index in [4.69, 9.17) is 4.74 Å². The monoisotopic (exact) mass is 274 g/mol. The van der Waals surface area contributed by atoms with E-state index in [0.29, 0.717) is 5.69 Å². The number of nitrogens with one attached hydrogen (secondary N) is 1. The van der Waals surface area contributed by atoms with Gasteiger partial charge in [0.05, 0.1) is 10.6 Å². The molecule has 1 aromatic heterocycles. The Morgan fingerprint density at radius 2 is 1.95 bits per heavy atom. The standard InChI is InChI=1S/C13H10N2O5/c16-12(10-5-3-7-14-10)8-20-13(17)9-4-1-2-6-11(9)15(18)19/h1-7,14H,8H2. The second-order valence-electron chi connectivity index (χ2n) is 3.86. The zero-order valence-corrected chi connectivity index (χ0v) is 10.2. The molecule has 7 nitrogen and oxygen atoms in total. The number of H-pyrrole nitrogens is 1. The number of nitro groups is 1. The van der Waals surface area contributed by atoms with Crippen LogP contribution in [0.5, 0.6) is 0 Å². The number of carbonyl (C=O) groups is 2. The van der Waals surface area contributed by atoms with Gasteiger partial charge in [-0.05, 0) is 18.2 Å². The molecule has 0 atom stereocenters. The molecule has 7 heteroatoms. The third-order valence-electron chi connectivity index (χ3n) is 2.55. The summed E-state index contributed by atoms with van der Waals surface area (Å²) < 4.78 is 4.79. The number of rotatable bonds is 5. The van der Waals surface area contributed by atoms with E-state index in [0.717, 1.165) is 0 Å². The van der Waals surface area contributed by atoms with Gasteiger partial charge in [-0.3, -0.25) is 14.9 Å². The highest BCUT2D eigenvalue weighted by Crippen LogP contribution is 2.18. The number of nitro benzene ring substituents is 1. The van der Waals surface area contributed by atoms with Crippen LogP contribution in [0.4, 0.5) is 5.69 Å². The molecular formula is C13H10N2O5. The molecule has 0 bridgehead atoms. The summed E-state index contributed by atoms with van der Waals surface area (Å²) in [5.41, 5.74) is -0.234. The molecule has 102 valence electrons. The Morgan fingerprint density at radius 1 is 1.20 bits per heavy atom. The molecule has 1 heterocycles. The summed E-state index contributed by atoms with van der Waals surface area (Å²) >= 11 is 0. The Morgan fingerprint density at radius 3 is 2.60 bits per heavy atom. The van der Waals surface area contributed by atoms with Crippen molar-refractivity contribution in [1.82, 2.24) is 4.98 Å². The molecule has 2 rings (SSSR count). The number of para-hydroxylation sites is 1. The lowest BCUT2D eigenvalue weighted by molar-refractivity contribution is -0.385. The first-order valence-electron chi connectivity index (χ1n) is 5.66. The molecule has 20 heavy (non-hydrogen) atoms. The molecule has 0 fully saturated rings. The van der Waals surface area contributed by atoms with Gasteiger partial charge in [0.1, 0.15) is 5.56 Å². The number of benzene rings is 1. The number of ketones is 1. The van der Waals surface area contributed by atoms with E-state index in [1.165, 1.54) is 24.3 Å². The number of esters is 1. The summed E-state index contributed by atoms with van der Waals surface area (Å²) in [6, 6.07) is 8.58. The third kappa shape index (κ3) is 2.89. The topological polar surface area (TPSA) is 102 Å². The lowest BCUT2D eigenvalue weighted by Gasteiger charge is -2.04. The normalized spacial score (nSPS) is 10.0. The molecule has 0 amide bonds. The van der Waals surface area contributed by atoms with Crippen LogP contribution in [0.25, 0.3) is 0 Å². The van der Waals surface area contributed by atoms with Crippen LogP contribution in [0.2, 0.25) is 0 Å². The van der Waals surface area contributed by atoms with Crippen molar-refractivity contribution < 1.29 is 19.2 Å². The number of hydrogen-bond acceptors (Lipinski definition) is 5. The Kier molecular flexibility index (Phi) is 3.90. The van der Waals surface area contributed by atoms with Gasteiger partial charge in [0.15, 0.2) is 6.61 Å². The molecular weight excluding hydrogens is 264 g/mol. The lowest BCUT2D eigenvalue weighted by atomic mass is 10.2. The van der Waals surface area contributed by atoms with Crippen molar-refractivity contribution in [1.29, 1.82) is 0 Å². The molecule has 0 saturated carbocycles. The fourth-order valence-electron chi connectivity index (χ4n) is 1.60. The highest BCUT2D eigenvalue weighted by molar-refractivity contribution is 5.99. The number of nitrogens with zero attached hydrogens (tertiary/aromatic N) is 1. The van der Waals surface area contributed by atoms with Crippen LogP contribution in [-0.4, -0.2) is 28.3 Å². The number of aromatic nitrogens is 1. The molecule has 0 spiro atoms. The van der Waals surface area contributed by atoms with Crippen molar-refractivity contribution in [2.24, 2.45) is 0 Å². The van der Waals surface area contributed by atoms with Crippen LogP contribution in [-0.2, 0) is 4.74 Å². The predicted molar refractivity (Wildman–Crippen MR) is 68.5 cm³/mol. The van der Waals surface area contributed by atoms with Crippen LogP contribution >= 0.6 is 0 Å². The Bertz CT molecular complexity index is 649. The van der Waals surface area contributed by atoms with E-state index in [1.807, 2.05) is 0 Å². The molecule has 0 unspecified atom stereocenters. The molecule has 0 aliphatic heterocycles. The van der Waals surface area contributed by atoms with Gasteiger partial charge in [-0.25, -0.2) is 4.79 Å². The third-order valence-corrected chi connectivity index (χ3v) is 2.55. The maximum Gasteiger partial charge on any atom is 0.345 e.